The quantitative estimate of drug-likeness (QED) is 0.644. The van der Waals surface area contributed by atoms with Gasteiger partial charge in [-0.2, -0.15) is 0 Å². The molecule has 1 aromatic heterocycles. The fourth-order valence-corrected chi connectivity index (χ4v) is 3.08. The second kappa shape index (κ2) is 9.15. The Morgan fingerprint density at radius 3 is 2.45 bits per heavy atom. The molecule has 0 aliphatic carbocycles. The van der Waals surface area contributed by atoms with Gasteiger partial charge in [0.1, 0.15) is 5.69 Å². The van der Waals surface area contributed by atoms with Crippen molar-refractivity contribution >= 4 is 17.5 Å². The number of anilines is 1. The second-order valence-electron chi connectivity index (χ2n) is 7.23. The van der Waals surface area contributed by atoms with Gasteiger partial charge < -0.3 is 10.6 Å². The fourth-order valence-electron chi connectivity index (χ4n) is 3.08. The van der Waals surface area contributed by atoms with E-state index in [0.29, 0.717) is 12.1 Å². The Morgan fingerprint density at radius 2 is 1.69 bits per heavy atom. The van der Waals surface area contributed by atoms with Crippen LogP contribution in [0.5, 0.6) is 0 Å². The number of benzene rings is 2. The average Bonchev–Trinajstić information content (AvgIpc) is 2.73. The lowest BCUT2D eigenvalue weighted by Crippen LogP contribution is -2.24. The van der Waals surface area contributed by atoms with Gasteiger partial charge in [0.15, 0.2) is 0 Å². The molecule has 0 radical (unpaired) electrons. The van der Waals surface area contributed by atoms with Gasteiger partial charge in [-0.1, -0.05) is 56.3 Å². The number of pyridine rings is 1. The van der Waals surface area contributed by atoms with Crippen LogP contribution in [0.3, 0.4) is 0 Å². The zero-order valence-corrected chi connectivity index (χ0v) is 16.9. The third-order valence-corrected chi connectivity index (χ3v) is 4.79. The lowest BCUT2D eigenvalue weighted by molar-refractivity contribution is 0.0950. The summed E-state index contributed by atoms with van der Waals surface area (Å²) in [7, 11) is 0. The molecule has 29 heavy (non-hydrogen) atoms. The Bertz CT molecular complexity index is 1030. The molecule has 0 aliphatic heterocycles. The van der Waals surface area contributed by atoms with E-state index in [0.717, 1.165) is 22.4 Å². The van der Waals surface area contributed by atoms with Gasteiger partial charge in [-0.25, -0.2) is 0 Å². The molecule has 0 spiro atoms. The lowest BCUT2D eigenvalue weighted by Gasteiger charge is -2.13. The van der Waals surface area contributed by atoms with Crippen molar-refractivity contribution in [3.05, 3.63) is 94.8 Å². The van der Waals surface area contributed by atoms with Gasteiger partial charge >= 0.3 is 0 Å². The summed E-state index contributed by atoms with van der Waals surface area (Å²) in [4.78, 5) is 29.4. The van der Waals surface area contributed by atoms with E-state index in [4.69, 9.17) is 0 Å². The van der Waals surface area contributed by atoms with Gasteiger partial charge in [0, 0.05) is 24.0 Å². The molecule has 0 fully saturated rings. The summed E-state index contributed by atoms with van der Waals surface area (Å²) in [5.41, 5.74) is 4.57. The van der Waals surface area contributed by atoms with Crippen LogP contribution >= 0.6 is 0 Å². The van der Waals surface area contributed by atoms with Crippen LogP contribution in [0.25, 0.3) is 0 Å². The maximum absolute atomic E-state index is 12.7. The molecule has 2 N–H and O–H groups in total. The first-order valence-corrected chi connectivity index (χ1v) is 9.64. The number of rotatable bonds is 6. The molecule has 0 atom stereocenters. The van der Waals surface area contributed by atoms with Crippen molar-refractivity contribution in [3.63, 3.8) is 0 Å². The Hall–Kier alpha value is -3.47. The third kappa shape index (κ3) is 5.08. The molecule has 3 rings (SSSR count). The first-order valence-electron chi connectivity index (χ1n) is 9.64. The molecule has 0 unspecified atom stereocenters. The predicted octanol–water partition coefficient (Wildman–Crippen LogP) is 4.70. The van der Waals surface area contributed by atoms with E-state index in [1.807, 2.05) is 55.5 Å². The Kier molecular flexibility index (Phi) is 6.39. The maximum atomic E-state index is 12.7. The molecular weight excluding hydrogens is 362 g/mol. The molecule has 2 amide bonds. The summed E-state index contributed by atoms with van der Waals surface area (Å²) in [5.74, 6) is -0.308. The minimum absolute atomic E-state index is 0.201. The van der Waals surface area contributed by atoms with Gasteiger partial charge in [-0.05, 0) is 47.7 Å². The number of nitrogens with one attached hydrogen (secondary N) is 2. The van der Waals surface area contributed by atoms with Crippen LogP contribution in [-0.2, 0) is 6.54 Å². The minimum atomic E-state index is -0.341. The van der Waals surface area contributed by atoms with Crippen LogP contribution < -0.4 is 10.6 Å². The number of amides is 2. The molecule has 148 valence electrons. The number of carbonyl (C=O) groups is 2. The average molecular weight is 387 g/mol. The van der Waals surface area contributed by atoms with E-state index >= 15 is 0 Å². The highest BCUT2D eigenvalue weighted by Gasteiger charge is 2.14. The summed E-state index contributed by atoms with van der Waals surface area (Å²) in [5, 5.41) is 5.80. The molecule has 5 nitrogen and oxygen atoms in total. The highest BCUT2D eigenvalue weighted by Crippen LogP contribution is 2.24. The summed E-state index contributed by atoms with van der Waals surface area (Å²) in [6.07, 6.45) is 1.48. The number of hydrogen-bond donors (Lipinski definition) is 2. The van der Waals surface area contributed by atoms with Crippen LogP contribution in [0.1, 0.15) is 57.3 Å². The van der Waals surface area contributed by atoms with E-state index in [2.05, 4.69) is 29.5 Å². The molecule has 0 bridgehead atoms. The summed E-state index contributed by atoms with van der Waals surface area (Å²) < 4.78 is 0. The van der Waals surface area contributed by atoms with E-state index < -0.39 is 0 Å². The summed E-state index contributed by atoms with van der Waals surface area (Å²) in [6, 6.07) is 18.7. The number of hydrogen-bond acceptors (Lipinski definition) is 3. The number of nitrogens with zero attached hydrogens (tertiary/aromatic N) is 1. The number of aryl methyl sites for hydroxylation is 1. The standard InChI is InChI=1S/C24H25N3O2/c1-16(2)20-10-6-7-11-21(20)27-24(29)22-14-18(12-13-25-22)23(28)26-15-19-9-5-4-8-17(19)3/h4-14,16H,15H2,1-3H3,(H,26,28)(H,27,29). The highest BCUT2D eigenvalue weighted by atomic mass is 16.2. The number of carbonyl (C=O) groups excluding carboxylic acids is 2. The lowest BCUT2D eigenvalue weighted by atomic mass is 10.0. The second-order valence-corrected chi connectivity index (χ2v) is 7.23. The summed E-state index contributed by atoms with van der Waals surface area (Å²) in [6.45, 7) is 6.58. The molecular formula is C24H25N3O2. The molecule has 3 aromatic rings. The Balaban J connectivity index is 1.71. The van der Waals surface area contributed by atoms with Crippen molar-refractivity contribution in [2.45, 2.75) is 33.2 Å². The number of aromatic nitrogens is 1. The van der Waals surface area contributed by atoms with Crippen LogP contribution in [0.4, 0.5) is 5.69 Å². The summed E-state index contributed by atoms with van der Waals surface area (Å²) >= 11 is 0. The van der Waals surface area contributed by atoms with E-state index in [-0.39, 0.29) is 23.4 Å². The molecule has 0 saturated carbocycles. The topological polar surface area (TPSA) is 71.1 Å². The first-order chi connectivity index (χ1) is 14.0. The van der Waals surface area contributed by atoms with Gasteiger partial charge in [-0.15, -0.1) is 0 Å². The van der Waals surface area contributed by atoms with Crippen molar-refractivity contribution in [2.75, 3.05) is 5.32 Å². The largest absolute Gasteiger partial charge is 0.348 e. The first kappa shape index (κ1) is 20.3. The van der Waals surface area contributed by atoms with Gasteiger partial charge in [0.05, 0.1) is 0 Å². The van der Waals surface area contributed by atoms with Crippen LogP contribution in [-0.4, -0.2) is 16.8 Å². The van der Waals surface area contributed by atoms with Crippen LogP contribution in [0.15, 0.2) is 66.9 Å². The normalized spacial score (nSPS) is 10.6. The van der Waals surface area contributed by atoms with Crippen molar-refractivity contribution in [3.8, 4) is 0 Å². The zero-order chi connectivity index (χ0) is 20.8. The van der Waals surface area contributed by atoms with E-state index in [1.54, 1.807) is 6.07 Å². The van der Waals surface area contributed by atoms with Gasteiger partial charge in [0.2, 0.25) is 0 Å². The highest BCUT2D eigenvalue weighted by molar-refractivity contribution is 6.05. The smallest absolute Gasteiger partial charge is 0.274 e. The predicted molar refractivity (Wildman–Crippen MR) is 115 cm³/mol. The SMILES string of the molecule is Cc1ccccc1CNC(=O)c1ccnc(C(=O)Nc2ccccc2C(C)C)c1. The third-order valence-electron chi connectivity index (χ3n) is 4.79. The zero-order valence-electron chi connectivity index (χ0n) is 16.9. The number of para-hydroxylation sites is 1. The molecule has 1 heterocycles. The molecule has 2 aromatic carbocycles. The molecule has 0 aliphatic rings. The van der Waals surface area contributed by atoms with Crippen LogP contribution in [0.2, 0.25) is 0 Å². The Morgan fingerprint density at radius 1 is 0.966 bits per heavy atom. The molecule has 0 saturated heterocycles. The van der Waals surface area contributed by atoms with Crippen molar-refractivity contribution in [2.24, 2.45) is 0 Å². The monoisotopic (exact) mass is 387 g/mol. The van der Waals surface area contributed by atoms with E-state index in [9.17, 15) is 9.59 Å². The van der Waals surface area contributed by atoms with Crippen molar-refractivity contribution in [1.29, 1.82) is 0 Å². The fraction of sp³-hybridized carbons (Fsp3) is 0.208. The van der Waals surface area contributed by atoms with Crippen molar-refractivity contribution < 1.29 is 9.59 Å². The van der Waals surface area contributed by atoms with Gasteiger partial charge in [-0.3, -0.25) is 14.6 Å². The molecule has 5 heteroatoms. The minimum Gasteiger partial charge on any atom is -0.348 e. The maximum Gasteiger partial charge on any atom is 0.274 e. The van der Waals surface area contributed by atoms with E-state index in [1.165, 1.54) is 12.3 Å². The Labute approximate surface area is 171 Å². The van der Waals surface area contributed by atoms with Crippen molar-refractivity contribution in [1.82, 2.24) is 10.3 Å². The van der Waals surface area contributed by atoms with Gasteiger partial charge in [0.25, 0.3) is 11.8 Å². The van der Waals surface area contributed by atoms with Crippen LogP contribution in [0, 0.1) is 6.92 Å².